The maximum absolute atomic E-state index is 12.3. The van der Waals surface area contributed by atoms with E-state index < -0.39 is 10.2 Å². The monoisotopic (exact) mass is 276 g/mol. The lowest BCUT2D eigenvalue weighted by Gasteiger charge is -2.43. The molecule has 2 heterocycles. The SMILES string of the molecule is CCN(CC)S(=O)(=O)N1CCN(C2CNC2)CC1. The third-order valence-corrected chi connectivity index (χ3v) is 6.09. The van der Waals surface area contributed by atoms with Crippen molar-refractivity contribution in [1.82, 2.24) is 18.8 Å². The van der Waals surface area contributed by atoms with Crippen LogP contribution in [0.5, 0.6) is 0 Å². The van der Waals surface area contributed by atoms with Gasteiger partial charge in [-0.2, -0.15) is 17.0 Å². The highest BCUT2D eigenvalue weighted by atomic mass is 32.2. The largest absolute Gasteiger partial charge is 0.314 e. The lowest BCUT2D eigenvalue weighted by Crippen LogP contribution is -2.62. The summed E-state index contributed by atoms with van der Waals surface area (Å²) in [4.78, 5) is 2.39. The fourth-order valence-electron chi connectivity index (χ4n) is 2.54. The van der Waals surface area contributed by atoms with E-state index in [1.165, 1.54) is 4.31 Å². The summed E-state index contributed by atoms with van der Waals surface area (Å²) in [5, 5.41) is 3.25. The first-order chi connectivity index (χ1) is 8.59. The quantitative estimate of drug-likeness (QED) is 0.711. The molecule has 0 amide bonds. The minimum atomic E-state index is -3.24. The number of hydrogen-bond donors (Lipinski definition) is 1. The first kappa shape index (κ1) is 14.2. The van der Waals surface area contributed by atoms with Crippen LogP contribution in [0.3, 0.4) is 0 Å². The Hall–Kier alpha value is -0.210. The number of hydrogen-bond acceptors (Lipinski definition) is 4. The van der Waals surface area contributed by atoms with Crippen molar-refractivity contribution in [3.8, 4) is 0 Å². The summed E-state index contributed by atoms with van der Waals surface area (Å²) in [6.07, 6.45) is 0. The van der Waals surface area contributed by atoms with Crippen LogP contribution in [0.15, 0.2) is 0 Å². The lowest BCUT2D eigenvalue weighted by molar-refractivity contribution is 0.101. The number of piperazine rings is 1. The molecule has 0 aromatic rings. The van der Waals surface area contributed by atoms with Gasteiger partial charge in [0.05, 0.1) is 0 Å². The molecule has 2 rings (SSSR count). The second kappa shape index (κ2) is 5.83. The molecule has 106 valence electrons. The van der Waals surface area contributed by atoms with Crippen molar-refractivity contribution in [3.05, 3.63) is 0 Å². The molecule has 0 bridgehead atoms. The smallest absolute Gasteiger partial charge is 0.282 e. The Morgan fingerprint density at radius 3 is 2.06 bits per heavy atom. The molecular weight excluding hydrogens is 252 g/mol. The van der Waals surface area contributed by atoms with Crippen LogP contribution in [0.25, 0.3) is 0 Å². The second-order valence-electron chi connectivity index (χ2n) is 4.84. The average molecular weight is 276 g/mol. The van der Waals surface area contributed by atoms with Crippen molar-refractivity contribution < 1.29 is 8.42 Å². The molecule has 0 unspecified atom stereocenters. The zero-order chi connectivity index (χ0) is 13.2. The van der Waals surface area contributed by atoms with Gasteiger partial charge in [0, 0.05) is 58.4 Å². The second-order valence-corrected chi connectivity index (χ2v) is 6.77. The van der Waals surface area contributed by atoms with Gasteiger partial charge >= 0.3 is 0 Å². The van der Waals surface area contributed by atoms with E-state index in [9.17, 15) is 8.42 Å². The number of nitrogens with zero attached hydrogens (tertiary/aromatic N) is 3. The first-order valence-corrected chi connectivity index (χ1v) is 8.19. The zero-order valence-electron chi connectivity index (χ0n) is 11.3. The summed E-state index contributed by atoms with van der Waals surface area (Å²) in [6.45, 7) is 9.90. The molecule has 2 saturated heterocycles. The highest BCUT2D eigenvalue weighted by Crippen LogP contribution is 2.14. The molecule has 18 heavy (non-hydrogen) atoms. The van der Waals surface area contributed by atoms with Gasteiger partial charge in [0.15, 0.2) is 0 Å². The van der Waals surface area contributed by atoms with Gasteiger partial charge in [-0.3, -0.25) is 4.90 Å². The Kier molecular flexibility index (Phi) is 4.60. The maximum Gasteiger partial charge on any atom is 0.282 e. The molecule has 7 heteroatoms. The minimum absolute atomic E-state index is 0.547. The minimum Gasteiger partial charge on any atom is -0.314 e. The molecule has 0 spiro atoms. The van der Waals surface area contributed by atoms with Gasteiger partial charge in [-0.15, -0.1) is 0 Å². The van der Waals surface area contributed by atoms with Gasteiger partial charge in [-0.1, -0.05) is 13.8 Å². The van der Waals surface area contributed by atoms with E-state index in [0.717, 1.165) is 26.2 Å². The molecule has 0 radical (unpaired) electrons. The normalized spacial score (nSPS) is 24.4. The van der Waals surface area contributed by atoms with Crippen molar-refractivity contribution in [2.24, 2.45) is 0 Å². The fourth-order valence-corrected chi connectivity index (χ4v) is 4.15. The summed E-state index contributed by atoms with van der Waals surface area (Å²) in [5.41, 5.74) is 0. The molecule has 0 saturated carbocycles. The van der Waals surface area contributed by atoms with Crippen LogP contribution in [0.2, 0.25) is 0 Å². The van der Waals surface area contributed by atoms with Crippen LogP contribution in [-0.2, 0) is 10.2 Å². The Morgan fingerprint density at radius 2 is 1.67 bits per heavy atom. The fraction of sp³-hybridized carbons (Fsp3) is 1.00. The molecule has 0 aromatic carbocycles. The molecule has 1 N–H and O–H groups in total. The van der Waals surface area contributed by atoms with E-state index >= 15 is 0 Å². The van der Waals surface area contributed by atoms with Gasteiger partial charge in [-0.05, 0) is 0 Å². The molecular formula is C11H24N4O2S. The Morgan fingerprint density at radius 1 is 1.11 bits per heavy atom. The molecule has 6 nitrogen and oxygen atoms in total. The summed E-state index contributed by atoms with van der Waals surface area (Å²) >= 11 is 0. The van der Waals surface area contributed by atoms with Crippen molar-refractivity contribution >= 4 is 10.2 Å². The Bertz CT molecular complexity index is 357. The van der Waals surface area contributed by atoms with Crippen LogP contribution in [0.1, 0.15) is 13.8 Å². The maximum atomic E-state index is 12.3. The molecule has 2 aliphatic heterocycles. The summed E-state index contributed by atoms with van der Waals surface area (Å²) in [7, 11) is -3.24. The van der Waals surface area contributed by atoms with E-state index in [2.05, 4.69) is 10.2 Å². The first-order valence-electron chi connectivity index (χ1n) is 6.79. The van der Waals surface area contributed by atoms with Crippen LogP contribution in [0, 0.1) is 0 Å². The zero-order valence-corrected chi connectivity index (χ0v) is 12.1. The topological polar surface area (TPSA) is 55.9 Å². The average Bonchev–Trinajstić information content (AvgIpc) is 2.28. The van der Waals surface area contributed by atoms with Crippen molar-refractivity contribution in [3.63, 3.8) is 0 Å². The highest BCUT2D eigenvalue weighted by molar-refractivity contribution is 7.86. The molecule has 0 atom stereocenters. The summed E-state index contributed by atoms with van der Waals surface area (Å²) in [5.74, 6) is 0. The van der Waals surface area contributed by atoms with E-state index in [1.54, 1.807) is 4.31 Å². The van der Waals surface area contributed by atoms with Gasteiger partial charge in [0.2, 0.25) is 0 Å². The molecule has 2 fully saturated rings. The van der Waals surface area contributed by atoms with Gasteiger partial charge in [-0.25, -0.2) is 0 Å². The molecule has 0 aliphatic carbocycles. The predicted molar refractivity (Wildman–Crippen MR) is 71.6 cm³/mol. The standard InChI is InChI=1S/C11H24N4O2S/c1-3-14(4-2)18(16,17)15-7-5-13(6-8-15)11-9-12-10-11/h11-12H,3-10H2,1-2H3. The summed E-state index contributed by atoms with van der Waals surface area (Å²) < 4.78 is 27.8. The van der Waals surface area contributed by atoms with Crippen LogP contribution in [-0.4, -0.2) is 80.3 Å². The van der Waals surface area contributed by atoms with Crippen molar-refractivity contribution in [1.29, 1.82) is 0 Å². The number of nitrogens with one attached hydrogen (secondary N) is 1. The van der Waals surface area contributed by atoms with Crippen molar-refractivity contribution in [2.45, 2.75) is 19.9 Å². The van der Waals surface area contributed by atoms with Gasteiger partial charge < -0.3 is 5.32 Å². The number of rotatable bonds is 5. The van der Waals surface area contributed by atoms with Crippen molar-refractivity contribution in [2.75, 3.05) is 52.4 Å². The van der Waals surface area contributed by atoms with Crippen LogP contribution < -0.4 is 5.32 Å². The van der Waals surface area contributed by atoms with Crippen LogP contribution in [0.4, 0.5) is 0 Å². The van der Waals surface area contributed by atoms with E-state index in [0.29, 0.717) is 32.2 Å². The summed E-state index contributed by atoms with van der Waals surface area (Å²) in [6, 6.07) is 0.614. The molecule has 2 aliphatic rings. The highest BCUT2D eigenvalue weighted by Gasteiger charge is 2.33. The predicted octanol–water partition coefficient (Wildman–Crippen LogP) is -0.838. The lowest BCUT2D eigenvalue weighted by atomic mass is 10.1. The Balaban J connectivity index is 1.91. The van der Waals surface area contributed by atoms with E-state index in [4.69, 9.17) is 0 Å². The van der Waals surface area contributed by atoms with Crippen LogP contribution >= 0.6 is 0 Å². The third kappa shape index (κ3) is 2.70. The van der Waals surface area contributed by atoms with E-state index in [-0.39, 0.29) is 0 Å². The van der Waals surface area contributed by atoms with Gasteiger partial charge in [0.25, 0.3) is 10.2 Å². The van der Waals surface area contributed by atoms with Gasteiger partial charge in [0.1, 0.15) is 0 Å². The Labute approximate surface area is 110 Å². The third-order valence-electron chi connectivity index (χ3n) is 3.91. The molecule has 0 aromatic heterocycles. The van der Waals surface area contributed by atoms with E-state index in [1.807, 2.05) is 13.8 Å².